The first-order valence-electron chi connectivity index (χ1n) is 9.27. The lowest BCUT2D eigenvalue weighted by Gasteiger charge is -2.48. The third kappa shape index (κ3) is 4.96. The molecule has 1 unspecified atom stereocenters. The highest BCUT2D eigenvalue weighted by Crippen LogP contribution is 2.41. The fourth-order valence-electron chi connectivity index (χ4n) is 4.18. The van der Waals surface area contributed by atoms with Gasteiger partial charge < -0.3 is 5.73 Å². The van der Waals surface area contributed by atoms with E-state index in [4.69, 9.17) is 5.73 Å². The van der Waals surface area contributed by atoms with Gasteiger partial charge in [0.25, 0.3) is 0 Å². The molecule has 0 aliphatic heterocycles. The van der Waals surface area contributed by atoms with E-state index in [0.717, 1.165) is 6.54 Å². The molecule has 2 N–H and O–H groups in total. The number of hydrogen-bond donors (Lipinski definition) is 1. The van der Waals surface area contributed by atoms with Gasteiger partial charge in [0.2, 0.25) is 0 Å². The summed E-state index contributed by atoms with van der Waals surface area (Å²) in [5.74, 6) is 0.713. The van der Waals surface area contributed by atoms with Crippen molar-refractivity contribution in [3.05, 3.63) is 0 Å². The van der Waals surface area contributed by atoms with Crippen LogP contribution in [0.4, 0.5) is 0 Å². The molecule has 0 aromatic heterocycles. The van der Waals surface area contributed by atoms with Crippen molar-refractivity contribution in [2.75, 3.05) is 13.1 Å². The van der Waals surface area contributed by atoms with Crippen molar-refractivity contribution in [3.63, 3.8) is 0 Å². The van der Waals surface area contributed by atoms with Crippen LogP contribution >= 0.6 is 0 Å². The highest BCUT2D eigenvalue weighted by molar-refractivity contribution is 4.98. The number of nitrogens with zero attached hydrogens (tertiary/aromatic N) is 1. The van der Waals surface area contributed by atoms with Gasteiger partial charge >= 0.3 is 0 Å². The lowest BCUT2D eigenvalue weighted by molar-refractivity contribution is 0.0186. The highest BCUT2D eigenvalue weighted by atomic mass is 15.2. The molecule has 1 aliphatic carbocycles. The Hall–Kier alpha value is -0.0800. The molecule has 2 nitrogen and oxygen atoms in total. The van der Waals surface area contributed by atoms with Gasteiger partial charge in [-0.05, 0) is 49.9 Å². The Morgan fingerprint density at radius 3 is 2.10 bits per heavy atom. The van der Waals surface area contributed by atoms with E-state index in [1.807, 2.05) is 0 Å². The first kappa shape index (κ1) is 19.0. The predicted molar refractivity (Wildman–Crippen MR) is 94.6 cm³/mol. The molecule has 0 saturated heterocycles. The largest absolute Gasteiger partial charge is 0.329 e. The van der Waals surface area contributed by atoms with E-state index in [2.05, 4.69) is 46.4 Å². The third-order valence-electron chi connectivity index (χ3n) is 5.70. The van der Waals surface area contributed by atoms with Crippen LogP contribution in [0.15, 0.2) is 0 Å². The standard InChI is InChI=1S/C19H40N2/c1-7-17(8-2)21(14-16(3)4)19(15-20)11-9-10-18(5,6)12-13-19/h16-17H,7-15,20H2,1-6H3. The molecule has 2 heteroatoms. The molecule has 0 bridgehead atoms. The molecule has 0 amide bonds. The topological polar surface area (TPSA) is 29.3 Å². The Morgan fingerprint density at radius 1 is 1.00 bits per heavy atom. The molecule has 1 aliphatic rings. The van der Waals surface area contributed by atoms with E-state index >= 15 is 0 Å². The quantitative estimate of drug-likeness (QED) is 0.682. The molecule has 0 aromatic carbocycles. The van der Waals surface area contributed by atoms with Crippen molar-refractivity contribution in [2.45, 2.75) is 98.1 Å². The molecule has 1 rings (SSSR count). The fraction of sp³-hybridized carbons (Fsp3) is 1.00. The van der Waals surface area contributed by atoms with E-state index in [9.17, 15) is 0 Å². The lowest BCUT2D eigenvalue weighted by Crippen LogP contribution is -2.58. The summed E-state index contributed by atoms with van der Waals surface area (Å²) in [6.45, 7) is 16.3. The Kier molecular flexibility index (Phi) is 7.19. The summed E-state index contributed by atoms with van der Waals surface area (Å²) in [4.78, 5) is 2.82. The summed E-state index contributed by atoms with van der Waals surface area (Å²) in [5.41, 5.74) is 7.12. The summed E-state index contributed by atoms with van der Waals surface area (Å²) >= 11 is 0. The molecule has 0 radical (unpaired) electrons. The Bertz CT molecular complexity index is 294. The van der Waals surface area contributed by atoms with Crippen LogP contribution in [-0.4, -0.2) is 29.6 Å². The number of rotatable bonds is 7. The zero-order chi connectivity index (χ0) is 16.1. The molecule has 1 atom stereocenters. The predicted octanol–water partition coefficient (Wildman–Crippen LogP) is 4.82. The van der Waals surface area contributed by atoms with E-state index < -0.39 is 0 Å². The van der Waals surface area contributed by atoms with Crippen LogP contribution in [-0.2, 0) is 0 Å². The van der Waals surface area contributed by atoms with Crippen molar-refractivity contribution in [1.29, 1.82) is 0 Å². The molecule has 0 aromatic rings. The molecular formula is C19H40N2. The lowest BCUT2D eigenvalue weighted by atomic mass is 9.81. The molecule has 1 fully saturated rings. The second-order valence-electron chi connectivity index (χ2n) is 8.46. The summed E-state index contributed by atoms with van der Waals surface area (Å²) in [6.07, 6.45) is 9.06. The van der Waals surface area contributed by atoms with Crippen molar-refractivity contribution >= 4 is 0 Å². The molecule has 1 saturated carbocycles. The van der Waals surface area contributed by atoms with E-state index in [1.165, 1.54) is 51.5 Å². The second-order valence-corrected chi connectivity index (χ2v) is 8.46. The van der Waals surface area contributed by atoms with Gasteiger partial charge in [-0.2, -0.15) is 0 Å². The van der Waals surface area contributed by atoms with Gasteiger partial charge in [-0.1, -0.05) is 48.0 Å². The third-order valence-corrected chi connectivity index (χ3v) is 5.70. The smallest absolute Gasteiger partial charge is 0.0334 e. The summed E-state index contributed by atoms with van der Waals surface area (Å²) in [5, 5.41) is 0. The van der Waals surface area contributed by atoms with Crippen LogP contribution in [0.3, 0.4) is 0 Å². The van der Waals surface area contributed by atoms with Crippen molar-refractivity contribution < 1.29 is 0 Å². The maximum Gasteiger partial charge on any atom is 0.0334 e. The SMILES string of the molecule is CCC(CC)N(CC(C)C)C1(CN)CCCC(C)(C)CC1. The van der Waals surface area contributed by atoms with Crippen molar-refractivity contribution in [2.24, 2.45) is 17.1 Å². The van der Waals surface area contributed by atoms with Gasteiger partial charge in [0.05, 0.1) is 0 Å². The van der Waals surface area contributed by atoms with Crippen LogP contribution in [0.5, 0.6) is 0 Å². The summed E-state index contributed by atoms with van der Waals surface area (Å²) < 4.78 is 0. The van der Waals surface area contributed by atoms with Crippen LogP contribution in [0, 0.1) is 11.3 Å². The Labute approximate surface area is 133 Å². The normalized spacial score (nSPS) is 26.6. The average Bonchev–Trinajstić information content (AvgIpc) is 2.58. The van der Waals surface area contributed by atoms with Crippen LogP contribution in [0.2, 0.25) is 0 Å². The molecule has 21 heavy (non-hydrogen) atoms. The average molecular weight is 297 g/mol. The maximum absolute atomic E-state index is 6.38. The minimum Gasteiger partial charge on any atom is -0.329 e. The molecule has 0 heterocycles. The monoisotopic (exact) mass is 296 g/mol. The Morgan fingerprint density at radius 2 is 1.62 bits per heavy atom. The van der Waals surface area contributed by atoms with Crippen LogP contribution in [0.25, 0.3) is 0 Å². The van der Waals surface area contributed by atoms with Crippen molar-refractivity contribution in [3.8, 4) is 0 Å². The maximum atomic E-state index is 6.38. The van der Waals surface area contributed by atoms with Gasteiger partial charge in [0, 0.05) is 24.7 Å². The van der Waals surface area contributed by atoms with Gasteiger partial charge in [-0.15, -0.1) is 0 Å². The first-order chi connectivity index (χ1) is 9.80. The van der Waals surface area contributed by atoms with E-state index in [1.54, 1.807) is 0 Å². The van der Waals surface area contributed by atoms with Gasteiger partial charge in [0.15, 0.2) is 0 Å². The molecule has 126 valence electrons. The first-order valence-corrected chi connectivity index (χ1v) is 9.27. The van der Waals surface area contributed by atoms with E-state index in [-0.39, 0.29) is 5.54 Å². The number of hydrogen-bond acceptors (Lipinski definition) is 2. The summed E-state index contributed by atoms with van der Waals surface area (Å²) in [6, 6.07) is 0.692. The van der Waals surface area contributed by atoms with Gasteiger partial charge in [-0.25, -0.2) is 0 Å². The Balaban J connectivity index is 3.03. The summed E-state index contributed by atoms with van der Waals surface area (Å²) in [7, 11) is 0. The molecular weight excluding hydrogens is 256 g/mol. The van der Waals surface area contributed by atoms with Crippen LogP contribution in [0.1, 0.15) is 86.5 Å². The van der Waals surface area contributed by atoms with Crippen molar-refractivity contribution in [1.82, 2.24) is 4.90 Å². The van der Waals surface area contributed by atoms with E-state index in [0.29, 0.717) is 17.4 Å². The zero-order valence-electron chi connectivity index (χ0n) is 15.5. The van der Waals surface area contributed by atoms with Crippen LogP contribution < -0.4 is 5.73 Å². The minimum absolute atomic E-state index is 0.245. The number of nitrogens with two attached hydrogens (primary N) is 1. The molecule has 0 spiro atoms. The van der Waals surface area contributed by atoms with Gasteiger partial charge in [-0.3, -0.25) is 4.90 Å². The highest BCUT2D eigenvalue weighted by Gasteiger charge is 2.41. The second kappa shape index (κ2) is 7.97. The minimum atomic E-state index is 0.245. The zero-order valence-corrected chi connectivity index (χ0v) is 15.5. The fourth-order valence-corrected chi connectivity index (χ4v) is 4.18. The van der Waals surface area contributed by atoms with Gasteiger partial charge in [0.1, 0.15) is 0 Å².